The van der Waals surface area contributed by atoms with Gasteiger partial charge in [-0.1, -0.05) is 35.5 Å². The van der Waals surface area contributed by atoms with Gasteiger partial charge in [0.15, 0.2) is 5.82 Å². The molecule has 0 saturated carbocycles. The first-order chi connectivity index (χ1) is 10.7. The van der Waals surface area contributed by atoms with Crippen LogP contribution in [0.1, 0.15) is 36.2 Å². The van der Waals surface area contributed by atoms with Gasteiger partial charge in [0, 0.05) is 13.0 Å². The van der Waals surface area contributed by atoms with Crippen molar-refractivity contribution in [2.75, 3.05) is 6.54 Å². The average Bonchev–Trinajstić information content (AvgIpc) is 3.17. The second kappa shape index (κ2) is 6.70. The SMILES string of the molecule is NC(=O)[C@@H]1CN[C@H](c2nc(CCCc3ccccc3)no2)C1. The highest BCUT2D eigenvalue weighted by Crippen LogP contribution is 2.25. The third kappa shape index (κ3) is 3.51. The van der Waals surface area contributed by atoms with E-state index in [9.17, 15) is 4.79 Å². The summed E-state index contributed by atoms with van der Waals surface area (Å²) in [6.45, 7) is 0.575. The van der Waals surface area contributed by atoms with Crippen LogP contribution in [0.25, 0.3) is 0 Å². The lowest BCUT2D eigenvalue weighted by atomic mass is 10.1. The van der Waals surface area contributed by atoms with Crippen LogP contribution in [0, 0.1) is 5.92 Å². The summed E-state index contributed by atoms with van der Waals surface area (Å²) in [5.41, 5.74) is 6.63. The molecule has 22 heavy (non-hydrogen) atoms. The Morgan fingerprint density at radius 2 is 2.14 bits per heavy atom. The Hall–Kier alpha value is -2.21. The minimum atomic E-state index is -0.280. The van der Waals surface area contributed by atoms with Crippen LogP contribution in [-0.2, 0) is 17.6 Å². The molecule has 2 atom stereocenters. The Labute approximate surface area is 129 Å². The number of aromatic nitrogens is 2. The molecule has 0 bridgehead atoms. The number of rotatable bonds is 6. The van der Waals surface area contributed by atoms with Gasteiger partial charge >= 0.3 is 0 Å². The van der Waals surface area contributed by atoms with Gasteiger partial charge in [0.2, 0.25) is 11.8 Å². The van der Waals surface area contributed by atoms with Gasteiger partial charge in [0.1, 0.15) is 0 Å². The molecule has 1 amide bonds. The predicted octanol–water partition coefficient (Wildman–Crippen LogP) is 1.38. The minimum absolute atomic E-state index is 0.0622. The van der Waals surface area contributed by atoms with Gasteiger partial charge in [-0.25, -0.2) is 0 Å². The third-order valence-electron chi connectivity index (χ3n) is 4.02. The van der Waals surface area contributed by atoms with Crippen LogP contribution >= 0.6 is 0 Å². The summed E-state index contributed by atoms with van der Waals surface area (Å²) in [4.78, 5) is 15.6. The van der Waals surface area contributed by atoms with E-state index in [1.807, 2.05) is 18.2 Å². The number of hydrogen-bond acceptors (Lipinski definition) is 5. The number of nitrogens with one attached hydrogen (secondary N) is 1. The number of nitrogens with two attached hydrogens (primary N) is 1. The fourth-order valence-electron chi connectivity index (χ4n) is 2.75. The van der Waals surface area contributed by atoms with Gasteiger partial charge in [0.25, 0.3) is 0 Å². The normalized spacial score (nSPS) is 21.1. The van der Waals surface area contributed by atoms with Crippen molar-refractivity contribution in [2.45, 2.75) is 31.7 Å². The Kier molecular flexibility index (Phi) is 4.48. The van der Waals surface area contributed by atoms with E-state index in [1.165, 1.54) is 5.56 Å². The fraction of sp³-hybridized carbons (Fsp3) is 0.438. The Bertz CT molecular complexity index is 626. The number of primary amides is 1. The number of carbonyl (C=O) groups is 1. The Morgan fingerprint density at radius 3 is 2.86 bits per heavy atom. The van der Waals surface area contributed by atoms with Crippen LogP contribution in [0.2, 0.25) is 0 Å². The first-order valence-corrected chi connectivity index (χ1v) is 7.61. The number of benzene rings is 1. The highest BCUT2D eigenvalue weighted by Gasteiger charge is 2.32. The van der Waals surface area contributed by atoms with Gasteiger partial charge in [-0.05, 0) is 24.8 Å². The van der Waals surface area contributed by atoms with E-state index < -0.39 is 0 Å². The van der Waals surface area contributed by atoms with Crippen LogP contribution in [0.15, 0.2) is 34.9 Å². The topological polar surface area (TPSA) is 94.0 Å². The van der Waals surface area contributed by atoms with E-state index in [0.29, 0.717) is 18.9 Å². The van der Waals surface area contributed by atoms with Crippen LogP contribution in [0.4, 0.5) is 0 Å². The molecule has 0 aliphatic carbocycles. The number of carbonyl (C=O) groups excluding carboxylic acids is 1. The summed E-state index contributed by atoms with van der Waals surface area (Å²) in [6.07, 6.45) is 3.38. The molecule has 0 unspecified atom stereocenters. The molecule has 3 rings (SSSR count). The zero-order valence-corrected chi connectivity index (χ0v) is 12.4. The molecule has 1 saturated heterocycles. The smallest absolute Gasteiger partial charge is 0.243 e. The molecule has 1 aliphatic heterocycles. The molecule has 116 valence electrons. The number of aryl methyl sites for hydroxylation is 2. The largest absolute Gasteiger partial charge is 0.369 e. The standard InChI is InChI=1S/C16H20N4O2/c17-15(21)12-9-13(18-10-12)16-19-14(20-22-16)8-4-7-11-5-2-1-3-6-11/h1-3,5-6,12-13,18H,4,7-10H2,(H2,17,21)/t12-,13-/m0/s1. The summed E-state index contributed by atoms with van der Waals surface area (Å²) in [5, 5.41) is 7.22. The second-order valence-corrected chi connectivity index (χ2v) is 5.68. The molecule has 6 nitrogen and oxygen atoms in total. The van der Waals surface area contributed by atoms with Crippen LogP contribution < -0.4 is 11.1 Å². The monoisotopic (exact) mass is 300 g/mol. The van der Waals surface area contributed by atoms with Crippen molar-refractivity contribution in [2.24, 2.45) is 11.7 Å². The van der Waals surface area contributed by atoms with E-state index in [1.54, 1.807) is 0 Å². The molecule has 2 aromatic rings. The van der Waals surface area contributed by atoms with E-state index in [-0.39, 0.29) is 17.9 Å². The van der Waals surface area contributed by atoms with Crippen molar-refractivity contribution in [1.82, 2.24) is 15.5 Å². The molecule has 1 aliphatic rings. The highest BCUT2D eigenvalue weighted by molar-refractivity contribution is 5.77. The number of amides is 1. The summed E-state index contributed by atoms with van der Waals surface area (Å²) in [5.74, 6) is 0.838. The van der Waals surface area contributed by atoms with Gasteiger partial charge in [0.05, 0.1) is 12.0 Å². The van der Waals surface area contributed by atoms with Crippen LogP contribution in [0.5, 0.6) is 0 Å². The first-order valence-electron chi connectivity index (χ1n) is 7.61. The lowest BCUT2D eigenvalue weighted by Gasteiger charge is -2.02. The quantitative estimate of drug-likeness (QED) is 0.840. The van der Waals surface area contributed by atoms with E-state index >= 15 is 0 Å². The summed E-state index contributed by atoms with van der Waals surface area (Å²) < 4.78 is 5.30. The molecule has 1 aromatic heterocycles. The van der Waals surface area contributed by atoms with Crippen molar-refractivity contribution < 1.29 is 9.32 Å². The maximum absolute atomic E-state index is 11.2. The van der Waals surface area contributed by atoms with E-state index in [2.05, 4.69) is 27.6 Å². The molecular formula is C16H20N4O2. The van der Waals surface area contributed by atoms with Crippen molar-refractivity contribution >= 4 is 5.91 Å². The number of nitrogens with zero attached hydrogens (tertiary/aromatic N) is 2. The van der Waals surface area contributed by atoms with Crippen LogP contribution in [-0.4, -0.2) is 22.6 Å². The molecule has 6 heteroatoms. The van der Waals surface area contributed by atoms with Gasteiger partial charge < -0.3 is 15.6 Å². The maximum Gasteiger partial charge on any atom is 0.243 e. The second-order valence-electron chi connectivity index (χ2n) is 5.68. The van der Waals surface area contributed by atoms with E-state index in [4.69, 9.17) is 10.3 Å². The zero-order chi connectivity index (χ0) is 15.4. The van der Waals surface area contributed by atoms with Crippen molar-refractivity contribution in [3.8, 4) is 0 Å². The first kappa shape index (κ1) is 14.7. The Morgan fingerprint density at radius 1 is 1.32 bits per heavy atom. The summed E-state index contributed by atoms with van der Waals surface area (Å²) in [6, 6.07) is 10.3. The molecule has 1 aromatic carbocycles. The van der Waals surface area contributed by atoms with Gasteiger partial charge in [-0.2, -0.15) is 4.98 Å². The summed E-state index contributed by atoms with van der Waals surface area (Å²) in [7, 11) is 0. The van der Waals surface area contributed by atoms with Gasteiger partial charge in [-0.15, -0.1) is 0 Å². The lowest BCUT2D eigenvalue weighted by molar-refractivity contribution is -0.121. The van der Waals surface area contributed by atoms with E-state index in [0.717, 1.165) is 25.1 Å². The third-order valence-corrected chi connectivity index (χ3v) is 4.02. The molecule has 1 fully saturated rings. The number of hydrogen-bond donors (Lipinski definition) is 2. The molecular weight excluding hydrogens is 280 g/mol. The summed E-state index contributed by atoms with van der Waals surface area (Å²) >= 11 is 0. The van der Waals surface area contributed by atoms with Crippen molar-refractivity contribution in [3.05, 3.63) is 47.6 Å². The Balaban J connectivity index is 1.50. The minimum Gasteiger partial charge on any atom is -0.369 e. The maximum atomic E-state index is 11.2. The molecule has 3 N–H and O–H groups in total. The molecule has 0 spiro atoms. The zero-order valence-electron chi connectivity index (χ0n) is 12.4. The molecule has 0 radical (unpaired) electrons. The van der Waals surface area contributed by atoms with Crippen molar-refractivity contribution in [3.63, 3.8) is 0 Å². The lowest BCUT2D eigenvalue weighted by Crippen LogP contribution is -2.24. The molecule has 2 heterocycles. The predicted molar refractivity (Wildman–Crippen MR) is 80.8 cm³/mol. The van der Waals surface area contributed by atoms with Gasteiger partial charge in [-0.3, -0.25) is 4.79 Å². The highest BCUT2D eigenvalue weighted by atomic mass is 16.5. The average molecular weight is 300 g/mol. The fourth-order valence-corrected chi connectivity index (χ4v) is 2.75. The van der Waals surface area contributed by atoms with Crippen LogP contribution in [0.3, 0.4) is 0 Å². The van der Waals surface area contributed by atoms with Crippen molar-refractivity contribution in [1.29, 1.82) is 0 Å².